The average Bonchev–Trinajstić information content (AvgIpc) is 2.63. The molecule has 0 aliphatic rings. The Morgan fingerprint density at radius 2 is 1.73 bits per heavy atom. The van der Waals surface area contributed by atoms with Crippen molar-refractivity contribution in [3.05, 3.63) is 59.9 Å². The van der Waals surface area contributed by atoms with Crippen LogP contribution in [0.15, 0.2) is 48.8 Å². The average molecular weight is 349 g/mol. The van der Waals surface area contributed by atoms with E-state index in [9.17, 15) is 4.79 Å². The Bertz CT molecular complexity index is 937. The van der Waals surface area contributed by atoms with Crippen LogP contribution in [0.1, 0.15) is 37.8 Å². The minimum Gasteiger partial charge on any atom is -0.481 e. The molecule has 2 aromatic carbocycles. The van der Waals surface area contributed by atoms with E-state index in [0.29, 0.717) is 11.6 Å². The van der Waals surface area contributed by atoms with Gasteiger partial charge < -0.3 is 10.1 Å². The molecule has 1 heterocycles. The third kappa shape index (κ3) is 3.99. The Morgan fingerprint density at radius 3 is 2.46 bits per heavy atom. The van der Waals surface area contributed by atoms with Gasteiger partial charge in [0.2, 0.25) is 0 Å². The first-order valence-electron chi connectivity index (χ1n) is 8.73. The van der Waals surface area contributed by atoms with E-state index in [1.54, 1.807) is 25.4 Å². The second kappa shape index (κ2) is 7.52. The van der Waals surface area contributed by atoms with Crippen LogP contribution in [0.2, 0.25) is 0 Å². The van der Waals surface area contributed by atoms with Crippen molar-refractivity contribution >= 4 is 22.6 Å². The van der Waals surface area contributed by atoms with Gasteiger partial charge in [-0.05, 0) is 55.2 Å². The summed E-state index contributed by atoms with van der Waals surface area (Å²) in [5, 5.41) is 2.88. The minimum atomic E-state index is -0.617. The molecule has 0 bridgehead atoms. The number of rotatable bonds is 5. The van der Waals surface area contributed by atoms with E-state index in [1.165, 1.54) is 5.56 Å². The summed E-state index contributed by atoms with van der Waals surface area (Å²) in [6.45, 7) is 7.99. The highest BCUT2D eigenvalue weighted by Gasteiger charge is 2.17. The molecular formula is C21H23N3O2. The van der Waals surface area contributed by atoms with Crippen molar-refractivity contribution in [2.75, 3.05) is 5.32 Å². The van der Waals surface area contributed by atoms with Gasteiger partial charge in [0, 0.05) is 18.1 Å². The molecule has 0 aliphatic carbocycles. The van der Waals surface area contributed by atoms with Crippen LogP contribution in [0.5, 0.6) is 5.75 Å². The number of benzene rings is 2. The summed E-state index contributed by atoms with van der Waals surface area (Å²) in [5.74, 6) is 0.937. The standard InChI is InChI=1S/C21H23N3O2/c1-13(2)16-6-5-14(3)20(11-16)26-15(4)21(25)24-17-7-8-18-19(12-17)23-10-9-22-18/h5-13,15H,1-4H3,(H,24,25). The van der Waals surface area contributed by atoms with E-state index in [-0.39, 0.29) is 5.91 Å². The van der Waals surface area contributed by atoms with Crippen LogP contribution < -0.4 is 10.1 Å². The predicted octanol–water partition coefficient (Wildman–Crippen LogP) is 4.47. The summed E-state index contributed by atoms with van der Waals surface area (Å²) in [7, 11) is 0. The van der Waals surface area contributed by atoms with Crippen molar-refractivity contribution < 1.29 is 9.53 Å². The molecule has 3 aromatic rings. The summed E-state index contributed by atoms with van der Waals surface area (Å²) < 4.78 is 5.92. The lowest BCUT2D eigenvalue weighted by Gasteiger charge is -2.18. The van der Waals surface area contributed by atoms with Gasteiger partial charge in [-0.3, -0.25) is 14.8 Å². The molecule has 0 saturated carbocycles. The largest absolute Gasteiger partial charge is 0.481 e. The third-order valence-corrected chi connectivity index (χ3v) is 4.29. The van der Waals surface area contributed by atoms with E-state index < -0.39 is 6.10 Å². The highest BCUT2D eigenvalue weighted by molar-refractivity contribution is 5.95. The molecule has 1 N–H and O–H groups in total. The van der Waals surface area contributed by atoms with Crippen LogP contribution in [-0.2, 0) is 4.79 Å². The molecule has 0 fully saturated rings. The fraction of sp³-hybridized carbons (Fsp3) is 0.286. The number of nitrogens with one attached hydrogen (secondary N) is 1. The molecule has 1 atom stereocenters. The molecule has 1 aromatic heterocycles. The quantitative estimate of drug-likeness (QED) is 0.738. The number of ether oxygens (including phenoxy) is 1. The number of carbonyl (C=O) groups is 1. The molecule has 134 valence electrons. The lowest BCUT2D eigenvalue weighted by Crippen LogP contribution is -2.30. The van der Waals surface area contributed by atoms with Gasteiger partial charge in [-0.15, -0.1) is 0 Å². The minimum absolute atomic E-state index is 0.206. The first-order valence-corrected chi connectivity index (χ1v) is 8.73. The Balaban J connectivity index is 1.72. The van der Waals surface area contributed by atoms with E-state index >= 15 is 0 Å². The van der Waals surface area contributed by atoms with Gasteiger partial charge in [0.15, 0.2) is 6.10 Å². The van der Waals surface area contributed by atoms with E-state index in [4.69, 9.17) is 4.74 Å². The summed E-state index contributed by atoms with van der Waals surface area (Å²) >= 11 is 0. The number of hydrogen-bond donors (Lipinski definition) is 1. The molecule has 1 amide bonds. The van der Waals surface area contributed by atoms with Gasteiger partial charge in [0.1, 0.15) is 5.75 Å². The monoisotopic (exact) mass is 349 g/mol. The Kier molecular flexibility index (Phi) is 5.16. The fourth-order valence-corrected chi connectivity index (χ4v) is 2.63. The van der Waals surface area contributed by atoms with Crippen molar-refractivity contribution in [3.63, 3.8) is 0 Å². The molecule has 3 rings (SSSR count). The summed E-state index contributed by atoms with van der Waals surface area (Å²) in [4.78, 5) is 21.0. The topological polar surface area (TPSA) is 64.1 Å². The number of aryl methyl sites for hydroxylation is 1. The van der Waals surface area contributed by atoms with Crippen molar-refractivity contribution in [1.29, 1.82) is 0 Å². The zero-order valence-corrected chi connectivity index (χ0v) is 15.5. The molecule has 0 spiro atoms. The van der Waals surface area contributed by atoms with Crippen LogP contribution in [-0.4, -0.2) is 22.0 Å². The van der Waals surface area contributed by atoms with E-state index in [2.05, 4.69) is 35.2 Å². The van der Waals surface area contributed by atoms with Crippen LogP contribution in [0.3, 0.4) is 0 Å². The van der Waals surface area contributed by atoms with Crippen molar-refractivity contribution in [3.8, 4) is 5.75 Å². The maximum atomic E-state index is 12.5. The Morgan fingerprint density at radius 1 is 1.00 bits per heavy atom. The number of nitrogens with zero attached hydrogens (tertiary/aromatic N) is 2. The molecular weight excluding hydrogens is 326 g/mol. The predicted molar refractivity (Wildman–Crippen MR) is 104 cm³/mol. The molecule has 0 saturated heterocycles. The van der Waals surface area contributed by atoms with Crippen LogP contribution in [0.4, 0.5) is 5.69 Å². The van der Waals surface area contributed by atoms with Crippen molar-refractivity contribution in [2.24, 2.45) is 0 Å². The second-order valence-corrected chi connectivity index (χ2v) is 6.69. The lowest BCUT2D eigenvalue weighted by molar-refractivity contribution is -0.122. The Labute approximate surface area is 153 Å². The second-order valence-electron chi connectivity index (χ2n) is 6.69. The van der Waals surface area contributed by atoms with Crippen molar-refractivity contribution in [2.45, 2.75) is 39.7 Å². The number of amides is 1. The zero-order valence-electron chi connectivity index (χ0n) is 15.5. The van der Waals surface area contributed by atoms with Gasteiger partial charge in [-0.2, -0.15) is 0 Å². The first-order chi connectivity index (χ1) is 12.4. The van der Waals surface area contributed by atoms with E-state index in [0.717, 1.165) is 22.3 Å². The Hall–Kier alpha value is -2.95. The zero-order chi connectivity index (χ0) is 18.7. The molecule has 5 nitrogen and oxygen atoms in total. The highest BCUT2D eigenvalue weighted by Crippen LogP contribution is 2.25. The summed E-state index contributed by atoms with van der Waals surface area (Å²) in [6.07, 6.45) is 2.66. The third-order valence-electron chi connectivity index (χ3n) is 4.29. The van der Waals surface area contributed by atoms with Gasteiger partial charge in [-0.25, -0.2) is 0 Å². The number of carbonyl (C=O) groups excluding carboxylic acids is 1. The van der Waals surface area contributed by atoms with Gasteiger partial charge in [0.25, 0.3) is 5.91 Å². The van der Waals surface area contributed by atoms with Crippen LogP contribution in [0, 0.1) is 6.92 Å². The number of anilines is 1. The summed E-state index contributed by atoms with van der Waals surface area (Å²) in [6, 6.07) is 11.6. The van der Waals surface area contributed by atoms with Crippen LogP contribution >= 0.6 is 0 Å². The lowest BCUT2D eigenvalue weighted by atomic mass is 10.0. The smallest absolute Gasteiger partial charge is 0.265 e. The van der Waals surface area contributed by atoms with Gasteiger partial charge >= 0.3 is 0 Å². The molecule has 1 unspecified atom stereocenters. The van der Waals surface area contributed by atoms with Gasteiger partial charge in [0.05, 0.1) is 11.0 Å². The normalized spacial score (nSPS) is 12.2. The summed E-state index contributed by atoms with van der Waals surface area (Å²) in [5.41, 5.74) is 4.39. The fourth-order valence-electron chi connectivity index (χ4n) is 2.63. The molecule has 0 radical (unpaired) electrons. The number of fused-ring (bicyclic) bond motifs is 1. The van der Waals surface area contributed by atoms with E-state index in [1.807, 2.05) is 31.2 Å². The molecule has 5 heteroatoms. The highest BCUT2D eigenvalue weighted by atomic mass is 16.5. The maximum absolute atomic E-state index is 12.5. The molecule has 26 heavy (non-hydrogen) atoms. The number of hydrogen-bond acceptors (Lipinski definition) is 4. The van der Waals surface area contributed by atoms with Gasteiger partial charge in [-0.1, -0.05) is 26.0 Å². The van der Waals surface area contributed by atoms with Crippen LogP contribution in [0.25, 0.3) is 11.0 Å². The first kappa shape index (κ1) is 17.9. The SMILES string of the molecule is Cc1ccc(C(C)C)cc1OC(C)C(=O)Nc1ccc2nccnc2c1. The van der Waals surface area contributed by atoms with Crippen molar-refractivity contribution in [1.82, 2.24) is 9.97 Å². The maximum Gasteiger partial charge on any atom is 0.265 e. The number of aromatic nitrogens is 2. The molecule has 0 aliphatic heterocycles.